The fourth-order valence-corrected chi connectivity index (χ4v) is 4.38. The maximum atomic E-state index is 10.4. The number of fused-ring (bicyclic) bond motifs is 1. The van der Waals surface area contributed by atoms with Crippen molar-refractivity contribution < 1.29 is 9.84 Å². The lowest BCUT2D eigenvalue weighted by Gasteiger charge is -2.33. The number of hydrogen-bond donors (Lipinski definition) is 3. The molecule has 0 amide bonds. The van der Waals surface area contributed by atoms with E-state index < -0.39 is 0 Å². The molecule has 156 valence electrons. The summed E-state index contributed by atoms with van der Waals surface area (Å²) < 4.78 is 5.15. The molecule has 1 aliphatic heterocycles. The average molecular weight is 389 g/mol. The molecule has 0 bridgehead atoms. The van der Waals surface area contributed by atoms with Gasteiger partial charge in [0.2, 0.25) is 0 Å². The number of guanidine groups is 1. The van der Waals surface area contributed by atoms with Crippen molar-refractivity contribution in [1.82, 2.24) is 15.5 Å². The predicted octanol–water partition coefficient (Wildman–Crippen LogP) is 2.44. The van der Waals surface area contributed by atoms with Gasteiger partial charge in [-0.1, -0.05) is 6.07 Å². The summed E-state index contributed by atoms with van der Waals surface area (Å²) in [5.41, 5.74) is 3.76. The highest BCUT2D eigenvalue weighted by Gasteiger charge is 2.20. The third kappa shape index (κ3) is 5.61. The lowest BCUT2D eigenvalue weighted by atomic mass is 9.88. The van der Waals surface area contributed by atoms with Crippen molar-refractivity contribution in [1.29, 1.82) is 0 Å². The van der Waals surface area contributed by atoms with E-state index in [1.807, 2.05) is 13.1 Å². The lowest BCUT2D eigenvalue weighted by Crippen LogP contribution is -2.48. The topological polar surface area (TPSA) is 69.1 Å². The van der Waals surface area contributed by atoms with Gasteiger partial charge in [-0.2, -0.15) is 0 Å². The van der Waals surface area contributed by atoms with Gasteiger partial charge in [-0.15, -0.1) is 0 Å². The van der Waals surface area contributed by atoms with Gasteiger partial charge >= 0.3 is 0 Å². The van der Waals surface area contributed by atoms with Crippen LogP contribution in [0.3, 0.4) is 0 Å². The minimum Gasteiger partial charge on any atom is -0.508 e. The first-order valence-corrected chi connectivity index (χ1v) is 10.7. The number of phenolic OH excluding ortho intramolecular Hbond substituents is 1. The molecule has 0 atom stereocenters. The zero-order chi connectivity index (χ0) is 19.8. The number of aliphatic imine (C=N–C) groups is 1. The number of benzene rings is 1. The molecule has 3 N–H and O–H groups in total. The van der Waals surface area contributed by atoms with Gasteiger partial charge in [0.1, 0.15) is 5.75 Å². The van der Waals surface area contributed by atoms with E-state index in [0.29, 0.717) is 18.3 Å². The summed E-state index contributed by atoms with van der Waals surface area (Å²) in [6.07, 6.45) is 7.99. The van der Waals surface area contributed by atoms with Gasteiger partial charge in [-0.25, -0.2) is 0 Å². The number of nitrogens with one attached hydrogen (secondary N) is 2. The summed E-state index contributed by atoms with van der Waals surface area (Å²) in [6.45, 7) is 4.80. The Morgan fingerprint density at radius 2 is 2.04 bits per heavy atom. The molecule has 0 spiro atoms. The van der Waals surface area contributed by atoms with Gasteiger partial charge in [0.25, 0.3) is 0 Å². The number of nitrogens with zero attached hydrogens (tertiary/aromatic N) is 2. The van der Waals surface area contributed by atoms with Crippen molar-refractivity contribution >= 4 is 5.96 Å². The number of ether oxygens (including phenoxy) is 1. The lowest BCUT2D eigenvalue weighted by molar-refractivity contribution is 0.155. The Hall–Kier alpha value is -1.79. The normalized spacial score (nSPS) is 18.7. The summed E-state index contributed by atoms with van der Waals surface area (Å²) in [7, 11) is 3.58. The summed E-state index contributed by atoms with van der Waals surface area (Å²) in [4.78, 5) is 6.92. The number of likely N-dealkylation sites (tertiary alicyclic amines) is 1. The van der Waals surface area contributed by atoms with Crippen LogP contribution in [0.2, 0.25) is 0 Å². The standard InChI is InChI=1S/C22H36N4O2/c1-23-22(25-18-10-13-26(14-11-18)12-5-15-28-2)24-16-20-19-7-4-3-6-17(19)8-9-21(20)27/h8-9,18,27H,3-7,10-16H2,1-2H3,(H2,23,24,25). The molecule has 28 heavy (non-hydrogen) atoms. The molecule has 1 saturated heterocycles. The third-order valence-electron chi connectivity index (χ3n) is 6.03. The monoisotopic (exact) mass is 388 g/mol. The Morgan fingerprint density at radius 3 is 2.79 bits per heavy atom. The second-order valence-corrected chi connectivity index (χ2v) is 7.94. The largest absolute Gasteiger partial charge is 0.508 e. The molecule has 0 saturated carbocycles. The summed E-state index contributed by atoms with van der Waals surface area (Å²) >= 11 is 0. The van der Waals surface area contributed by atoms with Crippen molar-refractivity contribution in [2.45, 2.75) is 57.5 Å². The van der Waals surface area contributed by atoms with E-state index in [2.05, 4.69) is 26.6 Å². The quantitative estimate of drug-likeness (QED) is 0.380. The van der Waals surface area contributed by atoms with Crippen LogP contribution in [0, 0.1) is 0 Å². The zero-order valence-corrected chi connectivity index (χ0v) is 17.5. The molecular weight excluding hydrogens is 352 g/mol. The molecule has 1 aromatic rings. The minimum absolute atomic E-state index is 0.396. The van der Waals surface area contributed by atoms with E-state index in [4.69, 9.17) is 4.74 Å². The number of phenols is 1. The van der Waals surface area contributed by atoms with Crippen LogP contribution in [0.5, 0.6) is 5.75 Å². The predicted molar refractivity (Wildman–Crippen MR) is 114 cm³/mol. The van der Waals surface area contributed by atoms with Crippen LogP contribution >= 0.6 is 0 Å². The molecule has 1 aliphatic carbocycles. The van der Waals surface area contributed by atoms with Crippen LogP contribution in [0.25, 0.3) is 0 Å². The Balaban J connectivity index is 1.49. The van der Waals surface area contributed by atoms with E-state index in [0.717, 1.165) is 69.9 Å². The number of methoxy groups -OCH3 is 1. The second kappa shape index (κ2) is 10.7. The molecule has 6 heteroatoms. The smallest absolute Gasteiger partial charge is 0.191 e. The van der Waals surface area contributed by atoms with Crippen molar-refractivity contribution in [2.24, 2.45) is 4.99 Å². The first-order chi connectivity index (χ1) is 13.7. The molecule has 1 heterocycles. The molecule has 1 fully saturated rings. The van der Waals surface area contributed by atoms with E-state index >= 15 is 0 Å². The van der Waals surface area contributed by atoms with Crippen LogP contribution in [0.1, 0.15) is 48.8 Å². The van der Waals surface area contributed by atoms with Crippen LogP contribution in [-0.4, -0.2) is 62.4 Å². The molecule has 3 rings (SSSR count). The first-order valence-electron chi connectivity index (χ1n) is 10.7. The van der Waals surface area contributed by atoms with Gasteiger partial charge in [-0.05, 0) is 62.1 Å². The van der Waals surface area contributed by atoms with Crippen molar-refractivity contribution in [3.63, 3.8) is 0 Å². The fraction of sp³-hybridized carbons (Fsp3) is 0.682. The van der Waals surface area contributed by atoms with Gasteiger partial charge in [-0.3, -0.25) is 4.99 Å². The zero-order valence-electron chi connectivity index (χ0n) is 17.5. The Kier molecular flexibility index (Phi) is 7.98. The summed E-state index contributed by atoms with van der Waals surface area (Å²) in [5, 5.41) is 17.4. The maximum absolute atomic E-state index is 10.4. The minimum atomic E-state index is 0.396. The van der Waals surface area contributed by atoms with Gasteiger partial charge < -0.3 is 25.4 Å². The van der Waals surface area contributed by atoms with Crippen LogP contribution < -0.4 is 10.6 Å². The van der Waals surface area contributed by atoms with E-state index in [9.17, 15) is 5.11 Å². The number of hydrogen-bond acceptors (Lipinski definition) is 4. The van der Waals surface area contributed by atoms with Crippen LogP contribution in [-0.2, 0) is 24.1 Å². The number of rotatable bonds is 7. The summed E-state index contributed by atoms with van der Waals surface area (Å²) in [5.74, 6) is 1.22. The molecule has 6 nitrogen and oxygen atoms in total. The van der Waals surface area contributed by atoms with Crippen molar-refractivity contribution in [2.75, 3.05) is 40.4 Å². The SMILES string of the molecule is CN=C(NCc1c(O)ccc2c1CCCC2)NC1CCN(CCCOC)CC1. The molecule has 2 aliphatic rings. The molecular formula is C22H36N4O2. The van der Waals surface area contributed by atoms with E-state index in [-0.39, 0.29) is 0 Å². The van der Waals surface area contributed by atoms with E-state index in [1.165, 1.54) is 24.0 Å². The van der Waals surface area contributed by atoms with Gasteiger partial charge in [0, 0.05) is 58.5 Å². The highest BCUT2D eigenvalue weighted by Crippen LogP contribution is 2.30. The van der Waals surface area contributed by atoms with Gasteiger partial charge in [0.05, 0.1) is 0 Å². The van der Waals surface area contributed by atoms with Crippen LogP contribution in [0.4, 0.5) is 0 Å². The van der Waals surface area contributed by atoms with Gasteiger partial charge in [0.15, 0.2) is 5.96 Å². The molecule has 0 unspecified atom stereocenters. The maximum Gasteiger partial charge on any atom is 0.191 e. The average Bonchev–Trinajstić information content (AvgIpc) is 2.73. The number of piperidine rings is 1. The Labute approximate surface area is 169 Å². The summed E-state index contributed by atoms with van der Waals surface area (Å²) in [6, 6.07) is 4.38. The first kappa shape index (κ1) is 20.9. The highest BCUT2D eigenvalue weighted by atomic mass is 16.5. The van der Waals surface area contributed by atoms with Crippen LogP contribution in [0.15, 0.2) is 17.1 Å². The Morgan fingerprint density at radius 1 is 1.25 bits per heavy atom. The molecule has 1 aromatic carbocycles. The van der Waals surface area contributed by atoms with Crippen molar-refractivity contribution in [3.05, 3.63) is 28.8 Å². The van der Waals surface area contributed by atoms with Crippen molar-refractivity contribution in [3.8, 4) is 5.75 Å². The molecule has 0 radical (unpaired) electrons. The fourth-order valence-electron chi connectivity index (χ4n) is 4.38. The third-order valence-corrected chi connectivity index (χ3v) is 6.03. The highest BCUT2D eigenvalue weighted by molar-refractivity contribution is 5.80. The second-order valence-electron chi connectivity index (χ2n) is 7.94. The van der Waals surface area contributed by atoms with E-state index in [1.54, 1.807) is 7.11 Å². The number of aromatic hydroxyl groups is 1. The Bertz CT molecular complexity index is 654. The molecule has 0 aromatic heterocycles. The number of aryl methyl sites for hydroxylation is 1.